The lowest BCUT2D eigenvalue weighted by molar-refractivity contribution is 0.0683. The van der Waals surface area contributed by atoms with Gasteiger partial charge in [-0.3, -0.25) is 0 Å². The molecule has 0 amide bonds. The Morgan fingerprint density at radius 1 is 1.00 bits per heavy atom. The molecule has 0 spiro atoms. The molecule has 1 N–H and O–H groups in total. The zero-order valence-corrected chi connectivity index (χ0v) is 6.72. The number of benzene rings is 1. The smallest absolute Gasteiger partial charge is 0.341 e. The van der Waals surface area contributed by atoms with Gasteiger partial charge < -0.3 is 5.11 Å². The van der Waals surface area contributed by atoms with Crippen molar-refractivity contribution in [3.05, 3.63) is 33.7 Å². The molecule has 4 nitrogen and oxygen atoms in total. The third-order valence-corrected chi connectivity index (χ3v) is 1.55. The molecule has 0 aliphatic carbocycles. The molecule has 1 aromatic rings. The Bertz CT molecular complexity index is 431. The summed E-state index contributed by atoms with van der Waals surface area (Å²) in [7, 11) is 0. The van der Waals surface area contributed by atoms with Crippen molar-refractivity contribution in [2.45, 2.75) is 0 Å². The van der Waals surface area contributed by atoms with E-state index < -0.39 is 40.5 Å². The minimum atomic E-state index is -2.19. The quantitative estimate of drug-likeness (QED) is 0.475. The van der Waals surface area contributed by atoms with Gasteiger partial charge >= 0.3 is 5.97 Å². The van der Waals surface area contributed by atoms with Gasteiger partial charge in [-0.2, -0.15) is 0 Å². The van der Waals surface area contributed by atoms with Crippen molar-refractivity contribution in [3.63, 3.8) is 0 Å². The summed E-state index contributed by atoms with van der Waals surface area (Å²) in [6.07, 6.45) is 0. The first-order chi connectivity index (χ1) is 6.91. The number of nitroso groups, excluding NO2 is 1. The van der Waals surface area contributed by atoms with E-state index >= 15 is 0 Å². The number of hydrogen-bond acceptors (Lipinski definition) is 3. The van der Waals surface area contributed by atoms with Crippen molar-refractivity contribution >= 4 is 11.7 Å². The van der Waals surface area contributed by atoms with Crippen LogP contribution in [0.5, 0.6) is 0 Å². The number of halogens is 4. The number of carbonyl (C=O) groups is 1. The SMILES string of the molecule is O=Nc1c(F)c(F)c(C(=O)O)c(F)c1F. The molecule has 0 atom stereocenters. The van der Waals surface area contributed by atoms with E-state index in [4.69, 9.17) is 5.11 Å². The largest absolute Gasteiger partial charge is 0.477 e. The summed E-state index contributed by atoms with van der Waals surface area (Å²) in [6.45, 7) is 0. The number of carboxylic acids is 1. The summed E-state index contributed by atoms with van der Waals surface area (Å²) < 4.78 is 51.0. The maximum Gasteiger partial charge on any atom is 0.341 e. The van der Waals surface area contributed by atoms with Crippen molar-refractivity contribution in [2.24, 2.45) is 5.18 Å². The minimum Gasteiger partial charge on any atom is -0.477 e. The average molecular weight is 223 g/mol. The molecule has 0 aliphatic rings. The van der Waals surface area contributed by atoms with Gasteiger partial charge in [-0.1, -0.05) is 0 Å². The molecule has 0 radical (unpaired) electrons. The molecule has 8 heteroatoms. The van der Waals surface area contributed by atoms with Crippen LogP contribution in [-0.2, 0) is 0 Å². The van der Waals surface area contributed by atoms with Crippen LogP contribution in [0.4, 0.5) is 23.2 Å². The van der Waals surface area contributed by atoms with Crippen LogP contribution in [0.15, 0.2) is 5.18 Å². The van der Waals surface area contributed by atoms with Gasteiger partial charge in [-0.15, -0.1) is 4.91 Å². The normalized spacial score (nSPS) is 10.1. The average Bonchev–Trinajstić information content (AvgIpc) is 2.16. The molecule has 0 heterocycles. The van der Waals surface area contributed by atoms with Gasteiger partial charge in [0.05, 0.1) is 0 Å². The highest BCUT2D eigenvalue weighted by Gasteiger charge is 2.29. The molecule has 0 fully saturated rings. The fourth-order valence-electron chi connectivity index (χ4n) is 0.888. The van der Waals surface area contributed by atoms with E-state index in [1.54, 1.807) is 5.18 Å². The van der Waals surface area contributed by atoms with E-state index in [1.165, 1.54) is 0 Å². The van der Waals surface area contributed by atoms with E-state index in [-0.39, 0.29) is 0 Å². The van der Waals surface area contributed by atoms with Gasteiger partial charge in [0.2, 0.25) is 0 Å². The summed E-state index contributed by atoms with van der Waals surface area (Å²) in [6, 6.07) is 0. The molecular weight excluding hydrogens is 222 g/mol. The first kappa shape index (κ1) is 11.1. The van der Waals surface area contributed by atoms with Crippen LogP contribution in [-0.4, -0.2) is 11.1 Å². The maximum atomic E-state index is 12.8. The maximum absolute atomic E-state index is 12.8. The molecule has 0 bridgehead atoms. The Labute approximate surface area is 79.1 Å². The van der Waals surface area contributed by atoms with E-state index in [1.807, 2.05) is 0 Å². The van der Waals surface area contributed by atoms with Crippen LogP contribution < -0.4 is 0 Å². The lowest BCUT2D eigenvalue weighted by atomic mass is 10.1. The first-order valence-electron chi connectivity index (χ1n) is 3.34. The Morgan fingerprint density at radius 3 is 1.67 bits per heavy atom. The van der Waals surface area contributed by atoms with E-state index in [0.29, 0.717) is 0 Å². The molecule has 0 unspecified atom stereocenters. The van der Waals surface area contributed by atoms with Gasteiger partial charge in [0.1, 0.15) is 5.56 Å². The summed E-state index contributed by atoms with van der Waals surface area (Å²) in [4.78, 5) is 20.0. The van der Waals surface area contributed by atoms with Gasteiger partial charge in [-0.05, 0) is 5.18 Å². The molecule has 0 saturated heterocycles. The van der Waals surface area contributed by atoms with Crippen LogP contribution in [0.2, 0.25) is 0 Å². The van der Waals surface area contributed by atoms with Crippen molar-refractivity contribution in [1.82, 2.24) is 0 Å². The van der Waals surface area contributed by atoms with E-state index in [9.17, 15) is 27.3 Å². The lowest BCUT2D eigenvalue weighted by Crippen LogP contribution is -2.09. The Hall–Kier alpha value is -1.99. The number of carboxylic acid groups (broad SMARTS) is 1. The van der Waals surface area contributed by atoms with Gasteiger partial charge in [0.25, 0.3) is 0 Å². The fraction of sp³-hybridized carbons (Fsp3) is 0. The lowest BCUT2D eigenvalue weighted by Gasteiger charge is -2.03. The van der Waals surface area contributed by atoms with Crippen LogP contribution in [0.3, 0.4) is 0 Å². The second kappa shape index (κ2) is 3.64. The number of rotatable bonds is 2. The molecule has 0 saturated carbocycles. The molecule has 1 aromatic carbocycles. The second-order valence-electron chi connectivity index (χ2n) is 2.38. The topological polar surface area (TPSA) is 66.7 Å². The molecule has 0 aromatic heterocycles. The van der Waals surface area contributed by atoms with Crippen molar-refractivity contribution < 1.29 is 27.5 Å². The third-order valence-electron chi connectivity index (χ3n) is 1.55. The highest BCUT2D eigenvalue weighted by Crippen LogP contribution is 2.29. The Morgan fingerprint density at radius 2 is 1.40 bits per heavy atom. The highest BCUT2D eigenvalue weighted by atomic mass is 19.2. The molecule has 0 aliphatic heterocycles. The van der Waals surface area contributed by atoms with Gasteiger partial charge in [0.15, 0.2) is 29.0 Å². The van der Waals surface area contributed by atoms with Gasteiger partial charge in [-0.25, -0.2) is 22.4 Å². The predicted molar refractivity (Wildman–Crippen MR) is 38.7 cm³/mol. The number of nitrogens with zero attached hydrogens (tertiary/aromatic N) is 1. The van der Waals surface area contributed by atoms with Crippen molar-refractivity contribution in [2.75, 3.05) is 0 Å². The summed E-state index contributed by atoms with van der Waals surface area (Å²) >= 11 is 0. The van der Waals surface area contributed by atoms with Gasteiger partial charge in [0, 0.05) is 0 Å². The highest BCUT2D eigenvalue weighted by molar-refractivity contribution is 5.88. The van der Waals surface area contributed by atoms with Crippen LogP contribution in [0.1, 0.15) is 10.4 Å². The number of hydrogen-bond donors (Lipinski definition) is 1. The first-order valence-corrected chi connectivity index (χ1v) is 3.34. The van der Waals surface area contributed by atoms with E-state index in [0.717, 1.165) is 0 Å². The zero-order chi connectivity index (χ0) is 11.7. The van der Waals surface area contributed by atoms with Crippen LogP contribution >= 0.6 is 0 Å². The molecular formula is C7HF4NO3. The molecule has 15 heavy (non-hydrogen) atoms. The van der Waals surface area contributed by atoms with Crippen molar-refractivity contribution in [1.29, 1.82) is 0 Å². The molecule has 80 valence electrons. The predicted octanol–water partition coefficient (Wildman–Crippen LogP) is 2.34. The van der Waals surface area contributed by atoms with E-state index in [2.05, 4.69) is 0 Å². The zero-order valence-electron chi connectivity index (χ0n) is 6.72. The monoisotopic (exact) mass is 223 g/mol. The molecule has 1 rings (SSSR count). The Balaban J connectivity index is 3.74. The summed E-state index contributed by atoms with van der Waals surface area (Å²) in [5, 5.41) is 9.96. The summed E-state index contributed by atoms with van der Waals surface area (Å²) in [5.74, 6) is -10.8. The Kier molecular flexibility index (Phi) is 2.69. The van der Waals surface area contributed by atoms with Crippen molar-refractivity contribution in [3.8, 4) is 0 Å². The number of aromatic carboxylic acids is 1. The second-order valence-corrected chi connectivity index (χ2v) is 2.38. The van der Waals surface area contributed by atoms with Crippen LogP contribution in [0, 0.1) is 28.2 Å². The fourth-order valence-corrected chi connectivity index (χ4v) is 0.888. The summed E-state index contributed by atoms with van der Waals surface area (Å²) in [5.41, 5.74) is -3.53. The van der Waals surface area contributed by atoms with Crippen LogP contribution in [0.25, 0.3) is 0 Å². The third kappa shape index (κ3) is 1.53. The standard InChI is InChI=1S/C7HF4NO3/c8-2-1(7(13)14)3(9)5(11)6(12-15)4(2)10/h(H,13,14). The minimum absolute atomic E-state index is 1.72.